The molecule has 0 amide bonds. The van der Waals surface area contributed by atoms with Crippen LogP contribution < -0.4 is 22.6 Å². The second-order valence-corrected chi connectivity index (χ2v) is 4.09. The number of rotatable bonds is 0. The van der Waals surface area contributed by atoms with Gasteiger partial charge in [0.2, 0.25) is 0 Å². The number of hydrogen-bond acceptors (Lipinski definition) is 0. The molecule has 0 spiro atoms. The molecule has 0 radical (unpaired) electrons. The van der Waals surface area contributed by atoms with Crippen LogP contribution in [-0.4, -0.2) is 0 Å². The maximum Gasteiger partial charge on any atom is 0.416 e. The van der Waals surface area contributed by atoms with Gasteiger partial charge in [0.25, 0.3) is 22.6 Å². The maximum absolute atomic E-state index is 12.2. The van der Waals surface area contributed by atoms with Crippen LogP contribution in [0.2, 0.25) is 0 Å². The molecule has 0 bridgehead atoms. The average molecular weight is 341 g/mol. The summed E-state index contributed by atoms with van der Waals surface area (Å²) in [5.41, 5.74) is -2.56. The van der Waals surface area contributed by atoms with Gasteiger partial charge in [-0.3, -0.25) is 0 Å². The highest BCUT2D eigenvalue weighted by Gasteiger charge is 2.37. The summed E-state index contributed by atoms with van der Waals surface area (Å²) in [5, 5.41) is 0. The van der Waals surface area contributed by atoms with Crippen LogP contribution >= 0.6 is 0 Å². The van der Waals surface area contributed by atoms with Crippen molar-refractivity contribution < 1.29 is 48.9 Å². The van der Waals surface area contributed by atoms with E-state index >= 15 is 0 Å². The topological polar surface area (TPSA) is 0 Å². The van der Waals surface area contributed by atoms with Gasteiger partial charge in [-0.1, -0.05) is 0 Å². The van der Waals surface area contributed by atoms with E-state index in [2.05, 4.69) is 0 Å². The number of halogens is 7. The third kappa shape index (κ3) is 3.25. The van der Waals surface area contributed by atoms with Crippen molar-refractivity contribution in [3.05, 3.63) is 32.9 Å². The molecule has 1 aromatic carbocycles. The normalized spacial score (nSPS) is 13.0. The van der Waals surface area contributed by atoms with Crippen molar-refractivity contribution in [2.45, 2.75) is 12.4 Å². The Kier molecular flexibility index (Phi) is 3.22. The highest BCUT2D eigenvalue weighted by molar-refractivity contribution is 5.27. The Bertz CT molecular complexity index is 332. The van der Waals surface area contributed by atoms with Gasteiger partial charge in [0.1, 0.15) is 0 Å². The van der Waals surface area contributed by atoms with Crippen molar-refractivity contribution in [2.75, 3.05) is 0 Å². The number of hydrogen-bond donors (Lipinski definition) is 0. The predicted molar refractivity (Wildman–Crippen MR) is 36.5 cm³/mol. The monoisotopic (exact) mass is 341 g/mol. The molecule has 1 rings (SSSR count). The van der Waals surface area contributed by atoms with E-state index in [1.54, 1.807) is 0 Å². The van der Waals surface area contributed by atoms with E-state index < -0.39 is 23.5 Å². The van der Waals surface area contributed by atoms with Gasteiger partial charge in [-0.2, -0.15) is 26.3 Å². The van der Waals surface area contributed by atoms with Crippen molar-refractivity contribution in [2.24, 2.45) is 0 Å². The smallest absolute Gasteiger partial charge is 0.166 e. The molecule has 0 aromatic heterocycles. The summed E-state index contributed by atoms with van der Waals surface area (Å²) in [6.07, 6.45) is -9.51. The highest BCUT2D eigenvalue weighted by Crippen LogP contribution is 2.34. The van der Waals surface area contributed by atoms with E-state index in [0.29, 0.717) is 12.1 Å². The fourth-order valence-corrected chi connectivity index (χ4v) is 1.65. The summed E-state index contributed by atoms with van der Waals surface area (Å²) in [7, 11) is 0. The van der Waals surface area contributed by atoms with Crippen LogP contribution in [0, 0.1) is 3.57 Å². The molecule has 0 aliphatic heterocycles. The first-order valence-corrected chi connectivity index (χ1v) is 4.74. The Morgan fingerprint density at radius 3 is 1.33 bits per heavy atom. The first kappa shape index (κ1) is 12.6. The van der Waals surface area contributed by atoms with Crippen LogP contribution in [0.1, 0.15) is 11.1 Å². The lowest BCUT2D eigenvalue weighted by Gasteiger charge is -2.10. The fourth-order valence-electron chi connectivity index (χ4n) is 0.926. The summed E-state index contributed by atoms with van der Waals surface area (Å²) in [6, 6.07) is 1.47. The Hall–Kier alpha value is -0.470. The van der Waals surface area contributed by atoms with Crippen molar-refractivity contribution in [3.8, 4) is 0 Å². The fraction of sp³-hybridized carbons (Fsp3) is 0.250. The first-order valence-electron chi connectivity index (χ1n) is 3.57. The summed E-state index contributed by atoms with van der Waals surface area (Å²) in [4.78, 5) is 0. The second-order valence-electron chi connectivity index (χ2n) is 2.74. The molecule has 1 aromatic rings. The Morgan fingerprint density at radius 1 is 0.733 bits per heavy atom. The van der Waals surface area contributed by atoms with Gasteiger partial charge >= 0.3 is 12.4 Å². The van der Waals surface area contributed by atoms with Crippen LogP contribution in [0.25, 0.3) is 0 Å². The molecule has 7 heteroatoms. The Morgan fingerprint density at radius 2 is 1.07 bits per heavy atom. The molecule has 0 saturated carbocycles. The van der Waals surface area contributed by atoms with Crippen LogP contribution in [-0.2, 0) is 12.4 Å². The van der Waals surface area contributed by atoms with E-state index in [1.807, 2.05) is 0 Å². The largest absolute Gasteiger partial charge is 0.416 e. The lowest BCUT2D eigenvalue weighted by molar-refractivity contribution is -0.329. The zero-order valence-electron chi connectivity index (χ0n) is 6.91. The van der Waals surface area contributed by atoms with Gasteiger partial charge in [-0.05, 0) is 6.07 Å². The third-order valence-corrected chi connectivity index (χ3v) is 2.23. The van der Waals surface area contributed by atoms with Crippen molar-refractivity contribution in [3.63, 3.8) is 0 Å². The van der Waals surface area contributed by atoms with E-state index in [4.69, 9.17) is 0 Å². The Labute approximate surface area is 94.4 Å². The Balaban J connectivity index is 3.30. The van der Waals surface area contributed by atoms with E-state index in [9.17, 15) is 26.3 Å². The zero-order valence-corrected chi connectivity index (χ0v) is 9.24. The van der Waals surface area contributed by atoms with Gasteiger partial charge in [-0.15, -0.1) is 0 Å². The van der Waals surface area contributed by atoms with Crippen molar-refractivity contribution >= 4 is 0 Å². The van der Waals surface area contributed by atoms with Crippen LogP contribution in [0.3, 0.4) is 0 Å². The standard InChI is InChI=1S/C8H4F6I/c9-7(10,11)4-1-5(8(12,13)14)3-6(15)2-4/h1-3,15H/q+1. The number of alkyl halides is 6. The summed E-state index contributed by atoms with van der Waals surface area (Å²) in [5.74, 6) is 0. The van der Waals surface area contributed by atoms with Crippen molar-refractivity contribution in [1.29, 1.82) is 0 Å². The predicted octanol–water partition coefficient (Wildman–Crippen LogP) is 0.179. The molecule has 15 heavy (non-hydrogen) atoms. The molecular formula is C8H4F6I+. The SMILES string of the molecule is FC(F)(F)c1cc([IH+])cc(C(F)(F)F)c1. The zero-order chi connectivity index (χ0) is 11.9. The molecule has 0 saturated heterocycles. The lowest BCUT2D eigenvalue weighted by Crippen LogP contribution is -3.34. The minimum absolute atomic E-state index is 0.0621. The lowest BCUT2D eigenvalue weighted by atomic mass is 10.1. The van der Waals surface area contributed by atoms with Gasteiger partial charge in [0.05, 0.1) is 11.1 Å². The van der Waals surface area contributed by atoms with Crippen LogP contribution in [0.5, 0.6) is 0 Å². The van der Waals surface area contributed by atoms with E-state index in [-0.39, 0.29) is 9.64 Å². The van der Waals surface area contributed by atoms with Crippen LogP contribution in [0.15, 0.2) is 18.2 Å². The van der Waals surface area contributed by atoms with E-state index in [0.717, 1.165) is 22.6 Å². The molecule has 0 heterocycles. The second kappa shape index (κ2) is 3.84. The molecule has 0 unspecified atom stereocenters. The molecule has 84 valence electrons. The molecule has 0 N–H and O–H groups in total. The minimum Gasteiger partial charge on any atom is -0.166 e. The average Bonchev–Trinajstić information content (AvgIpc) is 1.99. The molecule has 0 aliphatic carbocycles. The molecule has 0 nitrogen and oxygen atoms in total. The first-order chi connectivity index (χ1) is 6.60. The van der Waals surface area contributed by atoms with Crippen LogP contribution in [0.4, 0.5) is 26.3 Å². The molecular weight excluding hydrogens is 337 g/mol. The quantitative estimate of drug-likeness (QED) is 0.467. The van der Waals surface area contributed by atoms with E-state index in [1.165, 1.54) is 0 Å². The molecule has 0 aliphatic rings. The highest BCUT2D eigenvalue weighted by atomic mass is 127. The van der Waals surface area contributed by atoms with Gasteiger partial charge in [0, 0.05) is 12.1 Å². The molecule has 0 fully saturated rings. The summed E-state index contributed by atoms with van der Waals surface area (Å²) in [6.45, 7) is 0. The van der Waals surface area contributed by atoms with Gasteiger partial charge < -0.3 is 0 Å². The number of benzene rings is 1. The van der Waals surface area contributed by atoms with Crippen molar-refractivity contribution in [1.82, 2.24) is 0 Å². The van der Waals surface area contributed by atoms with Gasteiger partial charge in [-0.25, -0.2) is 0 Å². The maximum atomic E-state index is 12.2. The molecule has 0 atom stereocenters. The summed E-state index contributed by atoms with van der Waals surface area (Å²) >= 11 is 1.11. The minimum atomic E-state index is -4.76. The van der Waals surface area contributed by atoms with Gasteiger partial charge in [0.15, 0.2) is 3.57 Å². The third-order valence-electron chi connectivity index (χ3n) is 1.56. The summed E-state index contributed by atoms with van der Waals surface area (Å²) < 4.78 is 73.0.